The van der Waals surface area contributed by atoms with E-state index in [1.165, 1.54) is 0 Å². The van der Waals surface area contributed by atoms with Gasteiger partial charge in [-0.2, -0.15) is 0 Å². The first-order valence-electron chi connectivity index (χ1n) is 8.64. The predicted molar refractivity (Wildman–Crippen MR) is 94.1 cm³/mol. The van der Waals surface area contributed by atoms with Crippen LogP contribution in [0, 0.1) is 0 Å². The van der Waals surface area contributed by atoms with E-state index in [2.05, 4.69) is 23.6 Å². The standard InChI is InChI=1S/C18H29N3O2/c1-3-13-23-18-6-5-15(14-16(18)19)17(22)7-8-21-11-9-20(4-2)10-12-21/h5-6,14H,3-4,7-13,19H2,1-2H3. The predicted octanol–water partition coefficient (Wildman–Crippen LogP) is 2.27. The molecule has 1 aliphatic rings. The molecule has 0 aromatic heterocycles. The Morgan fingerprint density at radius 3 is 2.48 bits per heavy atom. The van der Waals surface area contributed by atoms with Gasteiger partial charge in [0, 0.05) is 44.7 Å². The van der Waals surface area contributed by atoms with Crippen molar-refractivity contribution in [2.45, 2.75) is 26.7 Å². The van der Waals surface area contributed by atoms with E-state index in [1.54, 1.807) is 12.1 Å². The number of hydrogen-bond donors (Lipinski definition) is 1. The summed E-state index contributed by atoms with van der Waals surface area (Å²) >= 11 is 0. The van der Waals surface area contributed by atoms with Crippen LogP contribution in [0.25, 0.3) is 0 Å². The van der Waals surface area contributed by atoms with E-state index in [1.807, 2.05) is 6.07 Å². The molecule has 23 heavy (non-hydrogen) atoms. The highest BCUT2D eigenvalue weighted by Gasteiger charge is 2.17. The number of nitrogen functional groups attached to an aromatic ring is 1. The molecule has 0 unspecified atom stereocenters. The summed E-state index contributed by atoms with van der Waals surface area (Å²) < 4.78 is 5.55. The van der Waals surface area contributed by atoms with E-state index in [0.29, 0.717) is 30.0 Å². The normalized spacial score (nSPS) is 16.4. The summed E-state index contributed by atoms with van der Waals surface area (Å²) in [7, 11) is 0. The molecule has 0 amide bonds. The molecular weight excluding hydrogens is 290 g/mol. The number of ether oxygens (including phenoxy) is 1. The molecule has 1 fully saturated rings. The fourth-order valence-corrected chi connectivity index (χ4v) is 2.80. The molecule has 0 saturated carbocycles. The second-order valence-corrected chi connectivity index (χ2v) is 6.05. The summed E-state index contributed by atoms with van der Waals surface area (Å²) in [5.41, 5.74) is 7.20. The lowest BCUT2D eigenvalue weighted by atomic mass is 10.1. The average molecular weight is 319 g/mol. The van der Waals surface area contributed by atoms with Crippen molar-refractivity contribution in [3.8, 4) is 5.75 Å². The second-order valence-electron chi connectivity index (χ2n) is 6.05. The van der Waals surface area contributed by atoms with Crippen LogP contribution < -0.4 is 10.5 Å². The van der Waals surface area contributed by atoms with Crippen LogP contribution in [0.4, 0.5) is 5.69 Å². The molecule has 0 radical (unpaired) electrons. The monoisotopic (exact) mass is 319 g/mol. The van der Waals surface area contributed by atoms with Gasteiger partial charge in [0.1, 0.15) is 5.75 Å². The van der Waals surface area contributed by atoms with Crippen molar-refractivity contribution in [1.82, 2.24) is 9.80 Å². The summed E-state index contributed by atoms with van der Waals surface area (Å²) in [6, 6.07) is 5.36. The van der Waals surface area contributed by atoms with Gasteiger partial charge in [0.05, 0.1) is 12.3 Å². The van der Waals surface area contributed by atoms with Gasteiger partial charge in [-0.15, -0.1) is 0 Å². The maximum absolute atomic E-state index is 12.4. The highest BCUT2D eigenvalue weighted by atomic mass is 16.5. The number of nitrogens with two attached hydrogens (primary N) is 1. The van der Waals surface area contributed by atoms with Crippen LogP contribution in [0.3, 0.4) is 0 Å². The first kappa shape index (κ1) is 17.8. The zero-order chi connectivity index (χ0) is 16.7. The quantitative estimate of drug-likeness (QED) is 0.588. The van der Waals surface area contributed by atoms with Crippen molar-refractivity contribution >= 4 is 11.5 Å². The molecular formula is C18H29N3O2. The summed E-state index contributed by atoms with van der Waals surface area (Å²) in [6.07, 6.45) is 1.48. The number of carbonyl (C=O) groups excluding carboxylic acids is 1. The number of anilines is 1. The molecule has 5 heteroatoms. The highest BCUT2D eigenvalue weighted by Crippen LogP contribution is 2.23. The Labute approximate surface area is 139 Å². The number of piperazine rings is 1. The molecule has 0 aliphatic carbocycles. The lowest BCUT2D eigenvalue weighted by molar-refractivity contribution is 0.0932. The van der Waals surface area contributed by atoms with Crippen LogP contribution in [0.1, 0.15) is 37.0 Å². The number of ketones is 1. The summed E-state index contributed by atoms with van der Waals surface area (Å²) in [6.45, 7) is 11.1. The van der Waals surface area contributed by atoms with Crippen LogP contribution in [-0.4, -0.2) is 61.5 Å². The van der Waals surface area contributed by atoms with Gasteiger partial charge < -0.3 is 20.3 Å². The van der Waals surface area contributed by atoms with Crippen LogP contribution in [0.15, 0.2) is 18.2 Å². The Hall–Kier alpha value is -1.59. The van der Waals surface area contributed by atoms with Crippen molar-refractivity contribution in [3.63, 3.8) is 0 Å². The van der Waals surface area contributed by atoms with E-state index in [-0.39, 0.29) is 5.78 Å². The van der Waals surface area contributed by atoms with Crippen molar-refractivity contribution in [1.29, 1.82) is 0 Å². The molecule has 1 heterocycles. The number of rotatable bonds is 8. The van der Waals surface area contributed by atoms with Gasteiger partial charge in [-0.25, -0.2) is 0 Å². The number of likely N-dealkylation sites (N-methyl/N-ethyl adjacent to an activating group) is 1. The maximum atomic E-state index is 12.4. The van der Waals surface area contributed by atoms with Gasteiger partial charge in [-0.3, -0.25) is 4.79 Å². The van der Waals surface area contributed by atoms with Crippen LogP contribution in [0.2, 0.25) is 0 Å². The first-order valence-corrected chi connectivity index (χ1v) is 8.64. The highest BCUT2D eigenvalue weighted by molar-refractivity contribution is 5.97. The molecule has 1 aromatic carbocycles. The van der Waals surface area contributed by atoms with Crippen LogP contribution >= 0.6 is 0 Å². The van der Waals surface area contributed by atoms with Crippen LogP contribution in [-0.2, 0) is 0 Å². The minimum absolute atomic E-state index is 0.150. The molecule has 2 N–H and O–H groups in total. The lowest BCUT2D eigenvalue weighted by Gasteiger charge is -2.33. The summed E-state index contributed by atoms with van der Waals surface area (Å²) in [4.78, 5) is 17.2. The number of hydrogen-bond acceptors (Lipinski definition) is 5. The molecule has 0 bridgehead atoms. The third kappa shape index (κ3) is 5.22. The number of benzene rings is 1. The Morgan fingerprint density at radius 2 is 1.87 bits per heavy atom. The summed E-state index contributed by atoms with van der Waals surface area (Å²) in [5, 5.41) is 0. The number of nitrogens with zero attached hydrogens (tertiary/aromatic N) is 2. The van der Waals surface area contributed by atoms with Gasteiger partial charge in [0.25, 0.3) is 0 Å². The Bertz CT molecular complexity index is 511. The molecule has 0 atom stereocenters. The number of carbonyl (C=O) groups is 1. The van der Waals surface area contributed by atoms with Crippen molar-refractivity contribution in [3.05, 3.63) is 23.8 Å². The van der Waals surface area contributed by atoms with E-state index in [9.17, 15) is 4.79 Å². The van der Waals surface area contributed by atoms with Gasteiger partial charge in [-0.1, -0.05) is 13.8 Å². The Morgan fingerprint density at radius 1 is 1.17 bits per heavy atom. The Balaban J connectivity index is 1.82. The molecule has 1 aromatic rings. The van der Waals surface area contributed by atoms with Crippen molar-refractivity contribution < 1.29 is 9.53 Å². The largest absolute Gasteiger partial charge is 0.491 e. The van der Waals surface area contributed by atoms with E-state index < -0.39 is 0 Å². The molecule has 1 aliphatic heterocycles. The lowest BCUT2D eigenvalue weighted by Crippen LogP contribution is -2.46. The minimum atomic E-state index is 0.150. The summed E-state index contributed by atoms with van der Waals surface area (Å²) in [5.74, 6) is 0.816. The third-order valence-corrected chi connectivity index (χ3v) is 4.36. The molecule has 128 valence electrons. The van der Waals surface area contributed by atoms with E-state index >= 15 is 0 Å². The van der Waals surface area contributed by atoms with Gasteiger partial charge in [-0.05, 0) is 31.2 Å². The second kappa shape index (κ2) is 8.89. The maximum Gasteiger partial charge on any atom is 0.164 e. The van der Waals surface area contributed by atoms with Crippen molar-refractivity contribution in [2.24, 2.45) is 0 Å². The zero-order valence-electron chi connectivity index (χ0n) is 14.4. The minimum Gasteiger partial charge on any atom is -0.491 e. The van der Waals surface area contributed by atoms with E-state index in [0.717, 1.165) is 45.7 Å². The van der Waals surface area contributed by atoms with E-state index in [4.69, 9.17) is 10.5 Å². The van der Waals surface area contributed by atoms with Gasteiger partial charge in [0.2, 0.25) is 0 Å². The average Bonchev–Trinajstić information content (AvgIpc) is 2.59. The molecule has 2 rings (SSSR count). The topological polar surface area (TPSA) is 58.8 Å². The third-order valence-electron chi connectivity index (χ3n) is 4.36. The Kier molecular flexibility index (Phi) is 6.86. The zero-order valence-corrected chi connectivity index (χ0v) is 14.4. The molecule has 5 nitrogen and oxygen atoms in total. The SMILES string of the molecule is CCCOc1ccc(C(=O)CCN2CCN(CC)CC2)cc1N. The number of Topliss-reactive ketones (excluding diaryl/α,β-unsaturated/α-hetero) is 1. The smallest absolute Gasteiger partial charge is 0.164 e. The fraction of sp³-hybridized carbons (Fsp3) is 0.611. The van der Waals surface area contributed by atoms with Crippen molar-refractivity contribution in [2.75, 3.05) is 51.6 Å². The molecule has 1 saturated heterocycles. The fourth-order valence-electron chi connectivity index (χ4n) is 2.80. The molecule has 0 spiro atoms. The van der Waals surface area contributed by atoms with Gasteiger partial charge >= 0.3 is 0 Å². The van der Waals surface area contributed by atoms with Gasteiger partial charge in [0.15, 0.2) is 5.78 Å². The first-order chi connectivity index (χ1) is 11.1. The van der Waals surface area contributed by atoms with Crippen LogP contribution in [0.5, 0.6) is 5.75 Å².